The first kappa shape index (κ1) is 18.6. The molecule has 2 N–H and O–H groups in total. The number of hydrogen-bond donors (Lipinski definition) is 2. The van der Waals surface area contributed by atoms with Crippen LogP contribution >= 0.6 is 0 Å². The number of aromatic nitrogens is 3. The molecule has 1 saturated carbocycles. The van der Waals surface area contributed by atoms with Crippen LogP contribution in [0.1, 0.15) is 34.3 Å². The van der Waals surface area contributed by atoms with Crippen molar-refractivity contribution in [2.24, 2.45) is 0 Å². The van der Waals surface area contributed by atoms with Crippen molar-refractivity contribution in [2.45, 2.75) is 25.4 Å². The summed E-state index contributed by atoms with van der Waals surface area (Å²) in [7, 11) is 0. The summed E-state index contributed by atoms with van der Waals surface area (Å²) >= 11 is 0. The van der Waals surface area contributed by atoms with Crippen LogP contribution in [-0.4, -0.2) is 32.4 Å². The van der Waals surface area contributed by atoms with Crippen molar-refractivity contribution >= 4 is 17.9 Å². The number of carbonyl (C=O) groups is 2. The molecule has 2 heterocycles. The molecule has 1 aromatic carbocycles. The van der Waals surface area contributed by atoms with Crippen LogP contribution in [0.5, 0.6) is 0 Å². The first-order valence-electron chi connectivity index (χ1n) is 9.47. The van der Waals surface area contributed by atoms with Crippen LogP contribution in [0.15, 0.2) is 67.4 Å². The highest BCUT2D eigenvalue weighted by Gasteiger charge is 2.23. The lowest BCUT2D eigenvalue weighted by Gasteiger charge is -2.05. The van der Waals surface area contributed by atoms with E-state index in [1.54, 1.807) is 36.9 Å². The molecule has 7 heteroatoms. The van der Waals surface area contributed by atoms with Crippen molar-refractivity contribution in [3.63, 3.8) is 0 Å². The Bertz CT molecular complexity index is 1000. The van der Waals surface area contributed by atoms with E-state index in [0.29, 0.717) is 18.2 Å². The lowest BCUT2D eigenvalue weighted by molar-refractivity contribution is -0.116. The maximum absolute atomic E-state index is 12.1. The van der Waals surface area contributed by atoms with Gasteiger partial charge in [-0.25, -0.2) is 9.97 Å². The molecule has 7 nitrogen and oxygen atoms in total. The van der Waals surface area contributed by atoms with Gasteiger partial charge in [0, 0.05) is 42.8 Å². The summed E-state index contributed by atoms with van der Waals surface area (Å²) < 4.78 is 1.81. The maximum Gasteiger partial charge on any atom is 0.251 e. The van der Waals surface area contributed by atoms with Gasteiger partial charge in [-0.2, -0.15) is 0 Å². The Hall–Kier alpha value is -3.74. The van der Waals surface area contributed by atoms with Crippen LogP contribution in [0.3, 0.4) is 0 Å². The predicted molar refractivity (Wildman–Crippen MR) is 109 cm³/mol. The average molecular weight is 387 g/mol. The minimum absolute atomic E-state index is 0.0477. The van der Waals surface area contributed by atoms with Crippen LogP contribution < -0.4 is 10.6 Å². The van der Waals surface area contributed by atoms with Gasteiger partial charge in [0.2, 0.25) is 5.91 Å². The third-order valence-corrected chi connectivity index (χ3v) is 4.56. The van der Waals surface area contributed by atoms with Crippen LogP contribution in [0.25, 0.3) is 11.9 Å². The normalized spacial score (nSPS) is 13.4. The molecule has 1 aliphatic rings. The fourth-order valence-corrected chi connectivity index (χ4v) is 2.73. The predicted octanol–water partition coefficient (Wildman–Crippen LogP) is 2.49. The fourth-order valence-electron chi connectivity index (χ4n) is 2.73. The van der Waals surface area contributed by atoms with Crippen LogP contribution in [-0.2, 0) is 11.3 Å². The summed E-state index contributed by atoms with van der Waals surface area (Å²) in [5.74, 6) is 0.527. The van der Waals surface area contributed by atoms with Crippen molar-refractivity contribution < 1.29 is 9.59 Å². The molecule has 0 saturated heterocycles. The molecule has 1 aliphatic carbocycles. The molecule has 4 rings (SSSR count). The van der Waals surface area contributed by atoms with E-state index in [-0.39, 0.29) is 11.8 Å². The van der Waals surface area contributed by atoms with Crippen LogP contribution in [0, 0.1) is 0 Å². The summed E-state index contributed by atoms with van der Waals surface area (Å²) in [6.07, 6.45) is 12.2. The highest BCUT2D eigenvalue weighted by atomic mass is 16.2. The molecule has 0 bridgehead atoms. The van der Waals surface area contributed by atoms with Crippen LogP contribution in [0.2, 0.25) is 0 Å². The van der Waals surface area contributed by atoms with E-state index >= 15 is 0 Å². The standard InChI is InChI=1S/C22H21N5O2/c28-21(25-14-17-3-9-20(24-13-17)27-12-11-23-15-27)10-4-16-1-5-18(6-2-16)22(29)26-19-7-8-19/h1-6,9-13,15,19H,7-8,14H2,(H,25,28)(H,26,29)/b10-4+. The third kappa shape index (κ3) is 5.16. The van der Waals surface area contributed by atoms with E-state index in [2.05, 4.69) is 20.6 Å². The number of nitrogens with zero attached hydrogens (tertiary/aromatic N) is 3. The van der Waals surface area contributed by atoms with E-state index < -0.39 is 0 Å². The Morgan fingerprint density at radius 1 is 1.14 bits per heavy atom. The molecule has 0 aliphatic heterocycles. The van der Waals surface area contributed by atoms with Crippen molar-refractivity contribution in [3.05, 3.63) is 84.1 Å². The summed E-state index contributed by atoms with van der Waals surface area (Å²) in [4.78, 5) is 32.4. The summed E-state index contributed by atoms with van der Waals surface area (Å²) in [6.45, 7) is 0.390. The molecule has 0 atom stereocenters. The van der Waals surface area contributed by atoms with Gasteiger partial charge in [0.1, 0.15) is 12.1 Å². The fraction of sp³-hybridized carbons (Fsp3) is 0.182. The number of rotatable bonds is 7. The van der Waals surface area contributed by atoms with Gasteiger partial charge in [-0.15, -0.1) is 0 Å². The van der Waals surface area contributed by atoms with Crippen molar-refractivity contribution in [1.29, 1.82) is 0 Å². The van der Waals surface area contributed by atoms with Crippen molar-refractivity contribution in [2.75, 3.05) is 0 Å². The average Bonchev–Trinajstić information content (AvgIpc) is 3.39. The molecule has 0 radical (unpaired) electrons. The second-order valence-electron chi connectivity index (χ2n) is 6.92. The molecule has 0 spiro atoms. The van der Waals surface area contributed by atoms with E-state index in [0.717, 1.165) is 29.8 Å². The number of amides is 2. The van der Waals surface area contributed by atoms with Crippen molar-refractivity contribution in [3.8, 4) is 5.82 Å². The van der Waals surface area contributed by atoms with Crippen LogP contribution in [0.4, 0.5) is 0 Å². The number of hydrogen-bond acceptors (Lipinski definition) is 4. The topological polar surface area (TPSA) is 88.9 Å². The SMILES string of the molecule is O=C(/C=C/c1ccc(C(=O)NC2CC2)cc1)NCc1ccc(-n2ccnc2)nc1. The minimum atomic E-state index is -0.195. The number of benzene rings is 1. The Balaban J connectivity index is 1.26. The zero-order valence-electron chi connectivity index (χ0n) is 15.8. The smallest absolute Gasteiger partial charge is 0.251 e. The Morgan fingerprint density at radius 3 is 2.62 bits per heavy atom. The largest absolute Gasteiger partial charge is 0.349 e. The molecular formula is C22H21N5O2. The molecule has 1 fully saturated rings. The first-order chi connectivity index (χ1) is 14.2. The van der Waals surface area contributed by atoms with Gasteiger partial charge < -0.3 is 10.6 Å². The third-order valence-electron chi connectivity index (χ3n) is 4.56. The van der Waals surface area contributed by atoms with Gasteiger partial charge in [0.15, 0.2) is 0 Å². The molecule has 146 valence electrons. The van der Waals surface area contributed by atoms with E-state index in [1.807, 2.05) is 35.0 Å². The number of nitrogens with one attached hydrogen (secondary N) is 2. The quantitative estimate of drug-likeness (QED) is 0.610. The number of imidazole rings is 1. The summed E-state index contributed by atoms with van der Waals surface area (Å²) in [5.41, 5.74) is 2.39. The molecule has 29 heavy (non-hydrogen) atoms. The monoisotopic (exact) mass is 387 g/mol. The lowest BCUT2D eigenvalue weighted by Crippen LogP contribution is -2.25. The van der Waals surface area contributed by atoms with Gasteiger partial charge in [-0.05, 0) is 48.2 Å². The Kier molecular flexibility index (Phi) is 5.47. The molecule has 2 aromatic heterocycles. The second kappa shape index (κ2) is 8.52. The zero-order valence-corrected chi connectivity index (χ0v) is 15.8. The highest BCUT2D eigenvalue weighted by molar-refractivity contribution is 5.95. The molecule has 3 aromatic rings. The van der Waals surface area contributed by atoms with Gasteiger partial charge in [0.05, 0.1) is 0 Å². The molecular weight excluding hydrogens is 366 g/mol. The lowest BCUT2D eigenvalue weighted by atomic mass is 10.1. The van der Waals surface area contributed by atoms with Gasteiger partial charge in [0.25, 0.3) is 5.91 Å². The maximum atomic E-state index is 12.1. The van der Waals surface area contributed by atoms with Gasteiger partial charge in [-0.1, -0.05) is 18.2 Å². The van der Waals surface area contributed by atoms with E-state index in [9.17, 15) is 9.59 Å². The van der Waals surface area contributed by atoms with E-state index in [4.69, 9.17) is 0 Å². The van der Waals surface area contributed by atoms with Crippen molar-refractivity contribution in [1.82, 2.24) is 25.2 Å². The van der Waals surface area contributed by atoms with E-state index in [1.165, 1.54) is 6.08 Å². The first-order valence-corrected chi connectivity index (χ1v) is 9.47. The number of carbonyl (C=O) groups excluding carboxylic acids is 2. The molecule has 2 amide bonds. The highest BCUT2D eigenvalue weighted by Crippen LogP contribution is 2.19. The Morgan fingerprint density at radius 2 is 1.97 bits per heavy atom. The number of pyridine rings is 1. The minimum Gasteiger partial charge on any atom is -0.349 e. The summed E-state index contributed by atoms with van der Waals surface area (Å²) in [5, 5.41) is 5.79. The van der Waals surface area contributed by atoms with Gasteiger partial charge >= 0.3 is 0 Å². The second-order valence-corrected chi connectivity index (χ2v) is 6.92. The van der Waals surface area contributed by atoms with Gasteiger partial charge in [-0.3, -0.25) is 14.2 Å². The summed E-state index contributed by atoms with van der Waals surface area (Å²) in [6, 6.07) is 11.3. The molecule has 0 unspecified atom stereocenters. The zero-order chi connectivity index (χ0) is 20.1. The Labute approximate surface area is 168 Å².